The van der Waals surface area contributed by atoms with Crippen molar-refractivity contribution in [3.8, 4) is 6.07 Å². The molecule has 1 amide bonds. The number of anilines is 2. The van der Waals surface area contributed by atoms with Crippen molar-refractivity contribution in [3.63, 3.8) is 0 Å². The topological polar surface area (TPSA) is 78.9 Å². The van der Waals surface area contributed by atoms with Gasteiger partial charge in [0.1, 0.15) is 0 Å². The number of carbonyl (C=O) groups excluding carboxylic acids is 1. The summed E-state index contributed by atoms with van der Waals surface area (Å²) in [4.78, 5) is 12.3. The molecule has 0 unspecified atom stereocenters. The fourth-order valence-electron chi connectivity index (χ4n) is 2.40. The van der Waals surface area contributed by atoms with Crippen molar-refractivity contribution >= 4 is 17.3 Å². The lowest BCUT2D eigenvalue weighted by molar-refractivity contribution is -0.348. The van der Waals surface area contributed by atoms with E-state index in [1.165, 1.54) is 6.07 Å². The summed E-state index contributed by atoms with van der Waals surface area (Å²) in [5.74, 6) is -1.18. The Hall–Kier alpha value is -3.29. The summed E-state index contributed by atoms with van der Waals surface area (Å²) in [5, 5.41) is 10.7. The molecule has 0 fully saturated rings. The molecule has 0 saturated carbocycles. The van der Waals surface area contributed by atoms with Crippen LogP contribution in [0, 0.1) is 11.3 Å². The van der Waals surface area contributed by atoms with E-state index in [0.29, 0.717) is 6.07 Å². The summed E-state index contributed by atoms with van der Waals surface area (Å²) in [6, 6.07) is 7.71. The normalized spacial score (nSPS) is 12.4. The van der Waals surface area contributed by atoms with Crippen LogP contribution in [0.2, 0.25) is 0 Å². The molecule has 0 aliphatic rings. The molecule has 3 N–H and O–H groups in total. The van der Waals surface area contributed by atoms with E-state index in [2.05, 4.69) is 0 Å². The van der Waals surface area contributed by atoms with Crippen LogP contribution in [0.15, 0.2) is 42.5 Å². The first kappa shape index (κ1) is 21.0. The zero-order valence-electron chi connectivity index (χ0n) is 13.6. The van der Waals surface area contributed by atoms with Gasteiger partial charge in [0.15, 0.2) is 0 Å². The average Bonchev–Trinajstić information content (AvgIpc) is 2.59. The molecular formula is C17H10F7N3O. The van der Waals surface area contributed by atoms with Crippen LogP contribution in [0.4, 0.5) is 42.1 Å². The Balaban J connectivity index is 2.55. The highest BCUT2D eigenvalue weighted by Gasteiger charge is 2.74. The van der Waals surface area contributed by atoms with Gasteiger partial charge in [0.2, 0.25) is 0 Å². The van der Waals surface area contributed by atoms with Crippen molar-refractivity contribution in [2.45, 2.75) is 18.0 Å². The van der Waals surface area contributed by atoms with Gasteiger partial charge in [-0.15, -0.1) is 0 Å². The van der Waals surface area contributed by atoms with Crippen LogP contribution < -0.4 is 11.1 Å². The minimum Gasteiger partial charge on any atom is -0.399 e. The molecule has 0 aliphatic carbocycles. The molecule has 0 saturated heterocycles. The number of rotatable bonds is 3. The quantitative estimate of drug-likeness (QED) is 0.575. The van der Waals surface area contributed by atoms with Gasteiger partial charge in [-0.1, -0.05) is 18.2 Å². The third-order valence-electron chi connectivity index (χ3n) is 3.67. The van der Waals surface area contributed by atoms with Crippen LogP contribution in [-0.4, -0.2) is 18.3 Å². The number of nitrogens with two attached hydrogens (primary N) is 1. The molecule has 0 radical (unpaired) electrons. The minimum atomic E-state index is -6.34. The maximum absolute atomic E-state index is 14.4. The van der Waals surface area contributed by atoms with Gasteiger partial charge in [-0.2, -0.15) is 31.6 Å². The van der Waals surface area contributed by atoms with Gasteiger partial charge in [0.05, 0.1) is 11.6 Å². The molecule has 0 spiro atoms. The number of nitrogens with one attached hydrogen (secondary N) is 1. The van der Waals surface area contributed by atoms with E-state index >= 15 is 0 Å². The zero-order chi connectivity index (χ0) is 21.3. The van der Waals surface area contributed by atoms with E-state index < -0.39 is 35.2 Å². The van der Waals surface area contributed by atoms with Crippen LogP contribution in [0.5, 0.6) is 0 Å². The molecule has 28 heavy (non-hydrogen) atoms. The summed E-state index contributed by atoms with van der Waals surface area (Å²) in [6.45, 7) is 0. The summed E-state index contributed by atoms with van der Waals surface area (Å²) >= 11 is 0. The Morgan fingerprint density at radius 2 is 1.54 bits per heavy atom. The highest BCUT2D eigenvalue weighted by Crippen LogP contribution is 2.54. The lowest BCUT2D eigenvalue weighted by Gasteiger charge is -2.31. The SMILES string of the molecule is N#Cc1cc(N)cc(C(=O)Nc2ccccc2C(F)(C(F)(F)F)C(F)(F)F)c1. The van der Waals surface area contributed by atoms with Crippen molar-refractivity contribution in [2.75, 3.05) is 11.1 Å². The Morgan fingerprint density at radius 1 is 0.964 bits per heavy atom. The van der Waals surface area contributed by atoms with Gasteiger partial charge < -0.3 is 11.1 Å². The van der Waals surface area contributed by atoms with E-state index in [1.54, 1.807) is 6.07 Å². The second-order valence-electron chi connectivity index (χ2n) is 5.61. The van der Waals surface area contributed by atoms with E-state index in [1.807, 2.05) is 5.32 Å². The summed E-state index contributed by atoms with van der Waals surface area (Å²) in [5.41, 5.74) is -3.50. The Kier molecular flexibility index (Phi) is 5.28. The van der Waals surface area contributed by atoms with Crippen molar-refractivity contribution in [1.29, 1.82) is 5.26 Å². The molecule has 2 aromatic carbocycles. The molecule has 0 heterocycles. The summed E-state index contributed by atoms with van der Waals surface area (Å²) in [7, 11) is 0. The van der Waals surface area contributed by atoms with E-state index in [0.717, 1.165) is 24.3 Å². The number of benzene rings is 2. The van der Waals surface area contributed by atoms with Crippen molar-refractivity contribution in [1.82, 2.24) is 0 Å². The molecule has 0 aromatic heterocycles. The number of hydrogen-bond acceptors (Lipinski definition) is 3. The maximum atomic E-state index is 14.4. The van der Waals surface area contributed by atoms with Crippen molar-refractivity contribution in [3.05, 3.63) is 59.2 Å². The van der Waals surface area contributed by atoms with Crippen LogP contribution in [-0.2, 0) is 5.67 Å². The van der Waals surface area contributed by atoms with Crippen LogP contribution in [0.25, 0.3) is 0 Å². The molecule has 2 rings (SSSR count). The largest absolute Gasteiger partial charge is 0.436 e. The zero-order valence-corrected chi connectivity index (χ0v) is 13.6. The number of nitriles is 1. The lowest BCUT2D eigenvalue weighted by Crippen LogP contribution is -2.50. The average molecular weight is 405 g/mol. The predicted octanol–water partition coefficient (Wildman–Crippen LogP) is 4.68. The number of hydrogen-bond donors (Lipinski definition) is 2. The van der Waals surface area contributed by atoms with E-state index in [-0.39, 0.29) is 22.9 Å². The molecule has 0 aliphatic heterocycles. The minimum absolute atomic E-state index is 0.0390. The highest BCUT2D eigenvalue weighted by atomic mass is 19.4. The third kappa shape index (κ3) is 3.71. The molecule has 0 atom stereocenters. The van der Waals surface area contributed by atoms with E-state index in [9.17, 15) is 35.5 Å². The molecular weight excluding hydrogens is 395 g/mol. The van der Waals surface area contributed by atoms with E-state index in [4.69, 9.17) is 11.0 Å². The fraction of sp³-hybridized carbons (Fsp3) is 0.176. The first-order chi connectivity index (χ1) is 12.8. The van der Waals surface area contributed by atoms with Crippen molar-refractivity contribution in [2.24, 2.45) is 0 Å². The van der Waals surface area contributed by atoms with Crippen LogP contribution >= 0.6 is 0 Å². The standard InChI is InChI=1S/C17H10F7N3O/c18-15(16(19,20)21,17(22,23)24)12-3-1-2-4-13(12)27-14(28)10-5-9(8-25)6-11(26)7-10/h1-7H,26H2,(H,27,28). The van der Waals surface area contributed by atoms with Gasteiger partial charge in [-0.05, 0) is 24.3 Å². The number of alkyl halides is 7. The van der Waals surface area contributed by atoms with Gasteiger partial charge in [-0.3, -0.25) is 4.79 Å². The van der Waals surface area contributed by atoms with Crippen LogP contribution in [0.1, 0.15) is 21.5 Å². The number of amides is 1. The summed E-state index contributed by atoms with van der Waals surface area (Å²) < 4.78 is 92.5. The van der Waals surface area contributed by atoms with Gasteiger partial charge in [-0.25, -0.2) is 4.39 Å². The molecule has 148 valence electrons. The van der Waals surface area contributed by atoms with Gasteiger partial charge in [0, 0.05) is 22.5 Å². The Morgan fingerprint density at radius 3 is 2.07 bits per heavy atom. The number of halogens is 7. The Labute approximate surface area is 153 Å². The highest BCUT2D eigenvalue weighted by molar-refractivity contribution is 6.05. The molecule has 4 nitrogen and oxygen atoms in total. The van der Waals surface area contributed by atoms with Crippen molar-refractivity contribution < 1.29 is 35.5 Å². The van der Waals surface area contributed by atoms with Crippen LogP contribution in [0.3, 0.4) is 0 Å². The number of carbonyl (C=O) groups is 1. The second-order valence-corrected chi connectivity index (χ2v) is 5.61. The van der Waals surface area contributed by atoms with Gasteiger partial charge >= 0.3 is 18.0 Å². The smallest absolute Gasteiger partial charge is 0.399 e. The molecule has 2 aromatic rings. The number of nitrogens with zero attached hydrogens (tertiary/aromatic N) is 1. The first-order valence-corrected chi connectivity index (χ1v) is 7.35. The monoisotopic (exact) mass is 405 g/mol. The second kappa shape index (κ2) is 7.03. The number of para-hydroxylation sites is 1. The van der Waals surface area contributed by atoms with Gasteiger partial charge in [0.25, 0.3) is 5.91 Å². The fourth-order valence-corrected chi connectivity index (χ4v) is 2.40. The first-order valence-electron chi connectivity index (χ1n) is 7.35. The maximum Gasteiger partial charge on any atom is 0.436 e. The molecule has 11 heteroatoms. The lowest BCUT2D eigenvalue weighted by atomic mass is 9.92. The molecule has 0 bridgehead atoms. The number of nitrogen functional groups attached to an aromatic ring is 1. The summed E-state index contributed by atoms with van der Waals surface area (Å²) in [6.07, 6.45) is -12.7. The third-order valence-corrected chi connectivity index (χ3v) is 3.67. The Bertz CT molecular complexity index is 931. The predicted molar refractivity (Wildman–Crippen MR) is 84.9 cm³/mol.